The fourth-order valence-electron chi connectivity index (χ4n) is 2.75. The van der Waals surface area contributed by atoms with Gasteiger partial charge in [0.05, 0.1) is 6.54 Å². The van der Waals surface area contributed by atoms with Crippen molar-refractivity contribution in [3.05, 3.63) is 41.7 Å². The van der Waals surface area contributed by atoms with Gasteiger partial charge in [-0.2, -0.15) is 0 Å². The summed E-state index contributed by atoms with van der Waals surface area (Å²) in [5, 5.41) is 0. The van der Waals surface area contributed by atoms with Crippen molar-refractivity contribution < 1.29 is 0 Å². The molecule has 2 heterocycles. The number of nitrogens with zero attached hydrogens (tertiary/aromatic N) is 3. The Hall–Kier alpha value is -1.55. The minimum atomic E-state index is 0.213. The smallest absolute Gasteiger partial charge is 0.128 e. The van der Waals surface area contributed by atoms with Crippen molar-refractivity contribution in [2.75, 3.05) is 0 Å². The van der Waals surface area contributed by atoms with E-state index in [4.69, 9.17) is 5.73 Å². The van der Waals surface area contributed by atoms with Crippen LogP contribution < -0.4 is 5.73 Å². The first-order valence-electron chi connectivity index (χ1n) is 6.64. The van der Waals surface area contributed by atoms with E-state index in [1.54, 1.807) is 0 Å². The van der Waals surface area contributed by atoms with Gasteiger partial charge >= 0.3 is 0 Å². The molecule has 0 aliphatic heterocycles. The Balaban J connectivity index is 1.87. The maximum Gasteiger partial charge on any atom is 0.128 e. The monoisotopic (exact) mass is 244 g/mol. The second-order valence-electron chi connectivity index (χ2n) is 5.22. The molecule has 0 aromatic carbocycles. The summed E-state index contributed by atoms with van der Waals surface area (Å²) in [5.74, 6) is 1.08. The number of fused-ring (bicyclic) bond motifs is 1. The summed E-state index contributed by atoms with van der Waals surface area (Å²) in [4.78, 5) is 4.37. The van der Waals surface area contributed by atoms with Crippen molar-refractivity contribution in [2.24, 2.45) is 12.8 Å². The molecule has 0 bridgehead atoms. The zero-order chi connectivity index (χ0) is 12.5. The minimum Gasteiger partial charge on any atom is -0.346 e. The largest absolute Gasteiger partial charge is 0.346 e. The van der Waals surface area contributed by atoms with Gasteiger partial charge < -0.3 is 14.9 Å². The Kier molecular flexibility index (Phi) is 2.96. The first-order valence-corrected chi connectivity index (χ1v) is 6.64. The van der Waals surface area contributed by atoms with E-state index in [-0.39, 0.29) is 6.04 Å². The third-order valence-corrected chi connectivity index (χ3v) is 3.85. The molecule has 0 radical (unpaired) electrons. The minimum absolute atomic E-state index is 0.213. The van der Waals surface area contributed by atoms with Gasteiger partial charge in [0.25, 0.3) is 0 Å². The molecule has 2 aromatic rings. The molecule has 1 aliphatic carbocycles. The number of aryl methyl sites for hydroxylation is 2. The molecule has 1 atom stereocenters. The number of imidazole rings is 1. The first-order chi connectivity index (χ1) is 8.74. The van der Waals surface area contributed by atoms with Crippen LogP contribution in [0.4, 0.5) is 0 Å². The molecule has 4 heteroatoms. The van der Waals surface area contributed by atoms with Gasteiger partial charge in [-0.05, 0) is 30.4 Å². The molecule has 3 rings (SSSR count). The van der Waals surface area contributed by atoms with Crippen LogP contribution in [0, 0.1) is 0 Å². The average molecular weight is 244 g/mol. The Labute approximate surface area is 107 Å². The van der Waals surface area contributed by atoms with E-state index in [9.17, 15) is 0 Å². The molecular weight excluding hydrogens is 224 g/mol. The Morgan fingerprint density at radius 3 is 3.06 bits per heavy atom. The zero-order valence-electron chi connectivity index (χ0n) is 10.8. The number of hydrogen-bond donors (Lipinski definition) is 1. The molecule has 0 saturated heterocycles. The van der Waals surface area contributed by atoms with E-state index in [1.165, 1.54) is 24.0 Å². The lowest BCUT2D eigenvalue weighted by atomic mass is 10.1. The summed E-state index contributed by atoms with van der Waals surface area (Å²) < 4.78 is 4.28. The fraction of sp³-hybridized carbons (Fsp3) is 0.500. The predicted molar refractivity (Wildman–Crippen MR) is 71.2 cm³/mol. The van der Waals surface area contributed by atoms with Crippen molar-refractivity contribution in [1.29, 1.82) is 0 Å². The van der Waals surface area contributed by atoms with Crippen LogP contribution in [-0.4, -0.2) is 14.1 Å². The molecule has 18 heavy (non-hydrogen) atoms. The van der Waals surface area contributed by atoms with Crippen LogP contribution in [0.25, 0.3) is 0 Å². The molecule has 2 aromatic heterocycles. The van der Waals surface area contributed by atoms with Crippen LogP contribution >= 0.6 is 0 Å². The second kappa shape index (κ2) is 4.61. The standard InChI is InChI=1S/C14H20N4/c1-17-7-6-16-14(17)10-18-8-11-4-2-3-5-13(15)12(11)9-18/h6-9,13H,2-5,10,15H2,1H3. The molecule has 0 fully saturated rings. The molecule has 96 valence electrons. The molecular formula is C14H20N4. The summed E-state index contributed by atoms with van der Waals surface area (Å²) in [6, 6.07) is 0.213. The molecule has 1 aliphatic rings. The highest BCUT2D eigenvalue weighted by molar-refractivity contribution is 5.29. The van der Waals surface area contributed by atoms with Crippen LogP contribution in [0.3, 0.4) is 0 Å². The van der Waals surface area contributed by atoms with E-state index in [2.05, 4.69) is 26.5 Å². The molecule has 0 spiro atoms. The second-order valence-corrected chi connectivity index (χ2v) is 5.22. The van der Waals surface area contributed by atoms with Gasteiger partial charge in [0, 0.05) is 37.9 Å². The van der Waals surface area contributed by atoms with E-state index < -0.39 is 0 Å². The quantitative estimate of drug-likeness (QED) is 0.821. The Morgan fingerprint density at radius 2 is 2.28 bits per heavy atom. The topological polar surface area (TPSA) is 48.8 Å². The maximum atomic E-state index is 6.23. The van der Waals surface area contributed by atoms with Crippen LogP contribution in [0.15, 0.2) is 24.8 Å². The SMILES string of the molecule is Cn1ccnc1Cn1cc2c(c1)C(N)CCCC2. The summed E-state index contributed by atoms with van der Waals surface area (Å²) in [5.41, 5.74) is 8.99. The lowest BCUT2D eigenvalue weighted by molar-refractivity contribution is 0.608. The third-order valence-electron chi connectivity index (χ3n) is 3.85. The molecule has 0 saturated carbocycles. The van der Waals surface area contributed by atoms with Gasteiger partial charge in [0.1, 0.15) is 5.82 Å². The molecule has 0 amide bonds. The highest BCUT2D eigenvalue weighted by Crippen LogP contribution is 2.27. The Morgan fingerprint density at radius 1 is 1.39 bits per heavy atom. The van der Waals surface area contributed by atoms with Crippen LogP contribution in [-0.2, 0) is 20.0 Å². The number of nitrogens with two attached hydrogens (primary N) is 1. The summed E-state index contributed by atoms with van der Waals surface area (Å²) >= 11 is 0. The molecule has 4 nitrogen and oxygen atoms in total. The lowest BCUT2D eigenvalue weighted by Gasteiger charge is -2.07. The lowest BCUT2D eigenvalue weighted by Crippen LogP contribution is -2.09. The number of hydrogen-bond acceptors (Lipinski definition) is 2. The van der Waals surface area contributed by atoms with Crippen molar-refractivity contribution in [1.82, 2.24) is 14.1 Å². The van der Waals surface area contributed by atoms with Gasteiger partial charge in [-0.25, -0.2) is 4.98 Å². The van der Waals surface area contributed by atoms with Crippen molar-refractivity contribution >= 4 is 0 Å². The number of rotatable bonds is 2. The molecule has 1 unspecified atom stereocenters. The van der Waals surface area contributed by atoms with E-state index in [0.717, 1.165) is 25.2 Å². The normalized spacial score (nSPS) is 19.6. The van der Waals surface area contributed by atoms with Gasteiger partial charge in [-0.1, -0.05) is 6.42 Å². The summed E-state index contributed by atoms with van der Waals surface area (Å²) in [6.07, 6.45) is 13.1. The first kappa shape index (κ1) is 11.5. The number of aromatic nitrogens is 3. The van der Waals surface area contributed by atoms with Crippen molar-refractivity contribution in [3.63, 3.8) is 0 Å². The van der Waals surface area contributed by atoms with Gasteiger partial charge in [-0.15, -0.1) is 0 Å². The van der Waals surface area contributed by atoms with E-state index in [1.807, 2.05) is 19.4 Å². The van der Waals surface area contributed by atoms with Crippen LogP contribution in [0.2, 0.25) is 0 Å². The highest BCUT2D eigenvalue weighted by Gasteiger charge is 2.17. The third kappa shape index (κ3) is 2.08. The van der Waals surface area contributed by atoms with Crippen LogP contribution in [0.1, 0.15) is 42.3 Å². The van der Waals surface area contributed by atoms with Gasteiger partial charge in [-0.3, -0.25) is 0 Å². The van der Waals surface area contributed by atoms with Gasteiger partial charge in [0.2, 0.25) is 0 Å². The molecule has 2 N–H and O–H groups in total. The van der Waals surface area contributed by atoms with Crippen molar-refractivity contribution in [2.45, 2.75) is 38.3 Å². The van der Waals surface area contributed by atoms with Crippen molar-refractivity contribution in [3.8, 4) is 0 Å². The van der Waals surface area contributed by atoms with E-state index >= 15 is 0 Å². The summed E-state index contributed by atoms with van der Waals surface area (Å²) in [6.45, 7) is 0.823. The summed E-state index contributed by atoms with van der Waals surface area (Å²) in [7, 11) is 2.03. The Bertz CT molecular complexity index is 538. The average Bonchev–Trinajstić information content (AvgIpc) is 2.89. The van der Waals surface area contributed by atoms with Crippen LogP contribution in [0.5, 0.6) is 0 Å². The highest BCUT2D eigenvalue weighted by atomic mass is 15.1. The predicted octanol–water partition coefficient (Wildman–Crippen LogP) is 2.00. The fourth-order valence-corrected chi connectivity index (χ4v) is 2.75. The maximum absolute atomic E-state index is 6.23. The van der Waals surface area contributed by atoms with Gasteiger partial charge in [0.15, 0.2) is 0 Å². The zero-order valence-corrected chi connectivity index (χ0v) is 10.8. The van der Waals surface area contributed by atoms with E-state index in [0.29, 0.717) is 0 Å².